The van der Waals surface area contributed by atoms with Crippen LogP contribution in [0.3, 0.4) is 0 Å². The lowest BCUT2D eigenvalue weighted by atomic mass is 9.95. The van der Waals surface area contributed by atoms with Gasteiger partial charge in [-0.2, -0.15) is 0 Å². The van der Waals surface area contributed by atoms with E-state index < -0.39 is 10.0 Å². The van der Waals surface area contributed by atoms with Crippen LogP contribution in [-0.2, 0) is 14.8 Å². The Hall–Kier alpha value is -1.20. The highest BCUT2D eigenvalue weighted by Crippen LogP contribution is 2.20. The monoisotopic (exact) mass is 283 g/mol. The minimum Gasteiger partial charge on any atom is -0.299 e. The molecule has 0 saturated heterocycles. The Morgan fingerprint density at radius 2 is 1.68 bits per heavy atom. The fourth-order valence-corrected chi connectivity index (χ4v) is 3.06. The maximum atomic E-state index is 11.9. The molecule has 19 heavy (non-hydrogen) atoms. The molecule has 0 aromatic heterocycles. The SMILES string of the molecule is CCC(=O)C(C)c1ccc(S(=O)(=O)NC(C)C)cc1. The molecular weight excluding hydrogens is 262 g/mol. The lowest BCUT2D eigenvalue weighted by molar-refractivity contribution is -0.119. The van der Waals surface area contributed by atoms with E-state index in [1.54, 1.807) is 38.1 Å². The van der Waals surface area contributed by atoms with Gasteiger partial charge in [-0.3, -0.25) is 4.79 Å². The van der Waals surface area contributed by atoms with Crippen molar-refractivity contribution in [2.75, 3.05) is 0 Å². The summed E-state index contributed by atoms with van der Waals surface area (Å²) in [6.07, 6.45) is 0.482. The largest absolute Gasteiger partial charge is 0.299 e. The van der Waals surface area contributed by atoms with Gasteiger partial charge < -0.3 is 0 Å². The highest BCUT2D eigenvalue weighted by molar-refractivity contribution is 7.89. The van der Waals surface area contributed by atoms with Gasteiger partial charge in [-0.1, -0.05) is 26.0 Å². The molecule has 1 rings (SSSR count). The number of hydrogen-bond donors (Lipinski definition) is 1. The Bertz CT molecular complexity index is 532. The summed E-state index contributed by atoms with van der Waals surface area (Å²) in [7, 11) is -3.46. The van der Waals surface area contributed by atoms with Crippen LogP contribution in [-0.4, -0.2) is 20.2 Å². The van der Waals surface area contributed by atoms with E-state index in [4.69, 9.17) is 0 Å². The number of ketones is 1. The summed E-state index contributed by atoms with van der Waals surface area (Å²) < 4.78 is 26.4. The molecule has 0 bridgehead atoms. The number of carbonyl (C=O) groups is 1. The van der Waals surface area contributed by atoms with Gasteiger partial charge in [0.05, 0.1) is 4.90 Å². The summed E-state index contributed by atoms with van der Waals surface area (Å²) in [6.45, 7) is 7.20. The second-order valence-electron chi connectivity index (χ2n) is 4.89. The summed E-state index contributed by atoms with van der Waals surface area (Å²) in [5.74, 6) is -0.0456. The zero-order valence-electron chi connectivity index (χ0n) is 11.8. The van der Waals surface area contributed by atoms with Gasteiger partial charge >= 0.3 is 0 Å². The fraction of sp³-hybridized carbons (Fsp3) is 0.500. The average Bonchev–Trinajstić information content (AvgIpc) is 2.35. The van der Waals surface area contributed by atoms with Crippen molar-refractivity contribution >= 4 is 15.8 Å². The summed E-state index contributed by atoms with van der Waals surface area (Å²) in [6, 6.07) is 6.34. The lowest BCUT2D eigenvalue weighted by Crippen LogP contribution is -2.30. The number of rotatable bonds is 6. The van der Waals surface area contributed by atoms with E-state index in [2.05, 4.69) is 4.72 Å². The summed E-state index contributed by atoms with van der Waals surface area (Å²) in [5, 5.41) is 0. The van der Waals surface area contributed by atoms with Crippen molar-refractivity contribution in [1.82, 2.24) is 4.72 Å². The summed E-state index contributed by atoms with van der Waals surface area (Å²) in [4.78, 5) is 11.8. The van der Waals surface area contributed by atoms with Gasteiger partial charge in [-0.25, -0.2) is 13.1 Å². The highest BCUT2D eigenvalue weighted by atomic mass is 32.2. The quantitative estimate of drug-likeness (QED) is 0.872. The number of Topliss-reactive ketones (excluding diaryl/α,β-unsaturated/α-hetero) is 1. The first-order chi connectivity index (χ1) is 8.77. The first kappa shape index (κ1) is 15.9. The molecule has 106 valence electrons. The van der Waals surface area contributed by atoms with Crippen LogP contribution in [0.4, 0.5) is 0 Å². The van der Waals surface area contributed by atoms with Gasteiger partial charge in [-0.05, 0) is 31.5 Å². The average molecular weight is 283 g/mol. The molecule has 0 aliphatic rings. The molecule has 0 radical (unpaired) electrons. The first-order valence-corrected chi connectivity index (χ1v) is 7.91. The van der Waals surface area contributed by atoms with Crippen molar-refractivity contribution in [3.63, 3.8) is 0 Å². The Morgan fingerprint density at radius 1 is 1.16 bits per heavy atom. The van der Waals surface area contributed by atoms with Crippen LogP contribution >= 0.6 is 0 Å². The number of sulfonamides is 1. The van der Waals surface area contributed by atoms with Crippen molar-refractivity contribution in [1.29, 1.82) is 0 Å². The molecule has 0 heterocycles. The van der Waals surface area contributed by atoms with Crippen molar-refractivity contribution in [3.8, 4) is 0 Å². The van der Waals surface area contributed by atoms with E-state index in [1.807, 2.05) is 13.8 Å². The zero-order valence-corrected chi connectivity index (χ0v) is 12.6. The normalized spacial score (nSPS) is 13.5. The van der Waals surface area contributed by atoms with Gasteiger partial charge in [-0.15, -0.1) is 0 Å². The molecule has 5 heteroatoms. The Balaban J connectivity index is 2.97. The third-order valence-electron chi connectivity index (χ3n) is 2.91. The molecule has 1 atom stereocenters. The van der Waals surface area contributed by atoms with Crippen LogP contribution in [0.1, 0.15) is 45.6 Å². The predicted octanol–water partition coefficient (Wildman–Crippen LogP) is 2.46. The number of carbonyl (C=O) groups excluding carboxylic acids is 1. The molecule has 1 N–H and O–H groups in total. The van der Waals surface area contributed by atoms with E-state index in [1.165, 1.54) is 0 Å². The van der Waals surface area contributed by atoms with E-state index in [0.717, 1.165) is 5.56 Å². The van der Waals surface area contributed by atoms with Crippen molar-refractivity contribution in [3.05, 3.63) is 29.8 Å². The molecule has 4 nitrogen and oxygen atoms in total. The number of benzene rings is 1. The molecule has 0 aliphatic heterocycles. The van der Waals surface area contributed by atoms with Gasteiger partial charge in [0.15, 0.2) is 0 Å². The van der Waals surface area contributed by atoms with Crippen LogP contribution in [0, 0.1) is 0 Å². The third kappa shape index (κ3) is 4.14. The Morgan fingerprint density at radius 3 is 2.11 bits per heavy atom. The number of hydrogen-bond acceptors (Lipinski definition) is 3. The fourth-order valence-electron chi connectivity index (χ4n) is 1.81. The van der Waals surface area contributed by atoms with Crippen LogP contribution in [0.15, 0.2) is 29.2 Å². The Kier molecular flexibility index (Phi) is 5.26. The minimum atomic E-state index is -3.46. The van der Waals surface area contributed by atoms with Gasteiger partial charge in [0, 0.05) is 18.4 Å². The maximum absolute atomic E-state index is 11.9. The minimum absolute atomic E-state index is 0.148. The summed E-state index contributed by atoms with van der Waals surface area (Å²) in [5.41, 5.74) is 0.843. The van der Waals surface area contributed by atoms with Gasteiger partial charge in [0.25, 0.3) is 0 Å². The molecule has 0 saturated carbocycles. The zero-order chi connectivity index (χ0) is 14.6. The highest BCUT2D eigenvalue weighted by Gasteiger charge is 2.17. The van der Waals surface area contributed by atoms with E-state index in [9.17, 15) is 13.2 Å². The van der Waals surface area contributed by atoms with Gasteiger partial charge in [0.1, 0.15) is 5.78 Å². The molecular formula is C14H21NO3S. The maximum Gasteiger partial charge on any atom is 0.240 e. The summed E-state index contributed by atoms with van der Waals surface area (Å²) >= 11 is 0. The molecule has 0 spiro atoms. The van der Waals surface area contributed by atoms with Crippen LogP contribution in [0.25, 0.3) is 0 Å². The second kappa shape index (κ2) is 6.30. The smallest absolute Gasteiger partial charge is 0.240 e. The molecule has 1 aromatic carbocycles. The van der Waals surface area contributed by atoms with Crippen molar-refractivity contribution in [2.45, 2.75) is 51.0 Å². The van der Waals surface area contributed by atoms with Crippen LogP contribution in [0.2, 0.25) is 0 Å². The molecule has 1 aromatic rings. The van der Waals surface area contributed by atoms with Crippen LogP contribution < -0.4 is 4.72 Å². The van der Waals surface area contributed by atoms with Crippen molar-refractivity contribution < 1.29 is 13.2 Å². The van der Waals surface area contributed by atoms with E-state index in [0.29, 0.717) is 6.42 Å². The second-order valence-corrected chi connectivity index (χ2v) is 6.60. The van der Waals surface area contributed by atoms with Crippen molar-refractivity contribution in [2.24, 2.45) is 0 Å². The molecule has 0 amide bonds. The standard InChI is InChI=1S/C14H21NO3S/c1-5-14(16)11(4)12-6-8-13(9-7-12)19(17,18)15-10(2)3/h6-11,15H,5H2,1-4H3. The third-order valence-corrected chi connectivity index (χ3v) is 4.59. The Labute approximate surface area is 115 Å². The van der Waals surface area contributed by atoms with Crippen LogP contribution in [0.5, 0.6) is 0 Å². The first-order valence-electron chi connectivity index (χ1n) is 6.43. The number of nitrogens with one attached hydrogen (secondary N) is 1. The molecule has 0 fully saturated rings. The lowest BCUT2D eigenvalue weighted by Gasteiger charge is -2.12. The molecule has 1 unspecified atom stereocenters. The van der Waals surface area contributed by atoms with Gasteiger partial charge in [0.2, 0.25) is 10.0 Å². The predicted molar refractivity (Wildman–Crippen MR) is 75.6 cm³/mol. The molecule has 0 aliphatic carbocycles. The topological polar surface area (TPSA) is 63.2 Å². The van der Waals surface area contributed by atoms with E-state index >= 15 is 0 Å². The van der Waals surface area contributed by atoms with E-state index in [-0.39, 0.29) is 22.6 Å².